The summed E-state index contributed by atoms with van der Waals surface area (Å²) in [6, 6.07) is 15.2. The molecule has 174 valence electrons. The molecule has 0 aliphatic heterocycles. The van der Waals surface area contributed by atoms with Gasteiger partial charge < -0.3 is 10.6 Å². The summed E-state index contributed by atoms with van der Waals surface area (Å²) >= 11 is 18.8. The van der Waals surface area contributed by atoms with Gasteiger partial charge in [0.1, 0.15) is 10.2 Å². The molecule has 0 bridgehead atoms. The summed E-state index contributed by atoms with van der Waals surface area (Å²) in [7, 11) is 0. The van der Waals surface area contributed by atoms with E-state index in [1.807, 2.05) is 0 Å². The maximum Gasteiger partial charge on any atom is 0.269 e. The van der Waals surface area contributed by atoms with Gasteiger partial charge in [0.25, 0.3) is 11.6 Å². The first-order chi connectivity index (χ1) is 16.1. The van der Waals surface area contributed by atoms with Crippen molar-refractivity contribution in [1.29, 1.82) is 0 Å². The number of halogens is 4. The number of nitrogens with zero attached hydrogens (tertiary/aromatic N) is 1. The Morgan fingerprint density at radius 2 is 1.56 bits per heavy atom. The molecule has 1 aliphatic carbocycles. The zero-order valence-electron chi connectivity index (χ0n) is 17.1. The summed E-state index contributed by atoms with van der Waals surface area (Å²) in [4.78, 5) is 35.8. The summed E-state index contributed by atoms with van der Waals surface area (Å²) in [6.45, 7) is 0. The van der Waals surface area contributed by atoms with Gasteiger partial charge in [-0.15, -0.1) is 23.2 Å². The molecule has 0 aromatic heterocycles. The molecule has 2 amide bonds. The maximum absolute atomic E-state index is 13.1. The van der Waals surface area contributed by atoms with Crippen LogP contribution in [0.5, 0.6) is 0 Å². The first-order valence-corrected chi connectivity index (χ1v) is 11.0. The maximum atomic E-state index is 13.1. The molecule has 1 saturated carbocycles. The molecule has 0 unspecified atom stereocenters. The second-order valence-corrected chi connectivity index (χ2v) is 9.47. The number of non-ortho nitro benzene ring substituents is 1. The molecule has 34 heavy (non-hydrogen) atoms. The van der Waals surface area contributed by atoms with E-state index in [9.17, 15) is 24.1 Å². The van der Waals surface area contributed by atoms with Crippen LogP contribution >= 0.6 is 34.8 Å². The summed E-state index contributed by atoms with van der Waals surface area (Å²) in [5, 5.41) is 16.3. The SMILES string of the molecule is O=C(Nc1ccc(F)cc1)c1cc(NC(=O)[C@@H]2[C@@H](c3ccc([N+](=O)[O-])cc3)C2(Cl)Cl)ccc1Cl. The Bertz CT molecular complexity index is 1280. The number of alkyl halides is 2. The summed E-state index contributed by atoms with van der Waals surface area (Å²) in [5.74, 6) is -2.86. The van der Waals surface area contributed by atoms with Crippen LogP contribution in [0.4, 0.5) is 21.5 Å². The van der Waals surface area contributed by atoms with E-state index in [1.54, 1.807) is 0 Å². The van der Waals surface area contributed by atoms with Crippen molar-refractivity contribution in [1.82, 2.24) is 0 Å². The highest BCUT2D eigenvalue weighted by molar-refractivity contribution is 6.53. The van der Waals surface area contributed by atoms with Gasteiger partial charge in [0, 0.05) is 29.4 Å². The molecular weight excluding hydrogens is 508 g/mol. The first kappa shape index (κ1) is 23.9. The van der Waals surface area contributed by atoms with Gasteiger partial charge >= 0.3 is 0 Å². The largest absolute Gasteiger partial charge is 0.326 e. The summed E-state index contributed by atoms with van der Waals surface area (Å²) < 4.78 is 11.7. The second kappa shape index (κ2) is 9.21. The van der Waals surface area contributed by atoms with Crippen molar-refractivity contribution in [2.75, 3.05) is 10.6 Å². The predicted octanol–water partition coefficient (Wildman–Crippen LogP) is 6.17. The number of anilines is 2. The van der Waals surface area contributed by atoms with E-state index >= 15 is 0 Å². The predicted molar refractivity (Wildman–Crippen MR) is 128 cm³/mol. The molecule has 7 nitrogen and oxygen atoms in total. The van der Waals surface area contributed by atoms with E-state index in [1.165, 1.54) is 66.7 Å². The van der Waals surface area contributed by atoms with Gasteiger partial charge in [-0.25, -0.2) is 4.39 Å². The number of hydrogen-bond donors (Lipinski definition) is 2. The van der Waals surface area contributed by atoms with E-state index in [0.717, 1.165) is 0 Å². The number of rotatable bonds is 6. The lowest BCUT2D eigenvalue weighted by atomic mass is 10.1. The lowest BCUT2D eigenvalue weighted by Crippen LogP contribution is -2.18. The van der Waals surface area contributed by atoms with Crippen LogP contribution in [0.1, 0.15) is 21.8 Å². The fraction of sp³-hybridized carbons (Fsp3) is 0.130. The number of hydrogen-bond acceptors (Lipinski definition) is 4. The Labute approximate surface area is 208 Å². The van der Waals surface area contributed by atoms with E-state index in [2.05, 4.69) is 10.6 Å². The number of carbonyl (C=O) groups excluding carboxylic acids is 2. The van der Waals surface area contributed by atoms with Crippen molar-refractivity contribution < 1.29 is 18.9 Å². The van der Waals surface area contributed by atoms with Crippen LogP contribution in [-0.4, -0.2) is 21.1 Å². The van der Waals surface area contributed by atoms with Gasteiger partial charge in [-0.1, -0.05) is 23.7 Å². The molecular formula is C23H15Cl3FN3O4. The molecule has 2 atom stereocenters. The Kier molecular flexibility index (Phi) is 6.49. The van der Waals surface area contributed by atoms with Gasteiger partial charge in [0.05, 0.1) is 21.4 Å². The van der Waals surface area contributed by atoms with E-state index in [0.29, 0.717) is 11.3 Å². The third kappa shape index (κ3) is 4.84. The molecule has 3 aromatic rings. The Balaban J connectivity index is 1.48. The number of nitro benzene ring substituents is 1. The van der Waals surface area contributed by atoms with Gasteiger partial charge in [0.2, 0.25) is 5.91 Å². The molecule has 0 spiro atoms. The fourth-order valence-corrected chi connectivity index (χ4v) is 4.63. The van der Waals surface area contributed by atoms with E-state index < -0.39 is 38.7 Å². The zero-order valence-corrected chi connectivity index (χ0v) is 19.4. The van der Waals surface area contributed by atoms with Crippen molar-refractivity contribution in [2.24, 2.45) is 5.92 Å². The molecule has 0 heterocycles. The number of amides is 2. The number of nitrogens with one attached hydrogen (secondary N) is 2. The zero-order chi connectivity index (χ0) is 24.6. The van der Waals surface area contributed by atoms with Crippen molar-refractivity contribution in [3.63, 3.8) is 0 Å². The minimum atomic E-state index is -1.39. The van der Waals surface area contributed by atoms with Crippen molar-refractivity contribution >= 4 is 63.7 Å². The van der Waals surface area contributed by atoms with Crippen LogP contribution in [0, 0.1) is 21.8 Å². The summed E-state index contributed by atoms with van der Waals surface area (Å²) in [6.07, 6.45) is 0. The van der Waals surface area contributed by atoms with Gasteiger partial charge in [-0.05, 0) is 48.0 Å². The smallest absolute Gasteiger partial charge is 0.269 e. The van der Waals surface area contributed by atoms with Gasteiger partial charge in [-0.3, -0.25) is 19.7 Å². The molecule has 3 aromatic carbocycles. The molecule has 11 heteroatoms. The fourth-order valence-electron chi connectivity index (χ4n) is 3.60. The van der Waals surface area contributed by atoms with E-state index in [4.69, 9.17) is 34.8 Å². The standard InChI is InChI=1S/C23H15Cl3FN3O4/c24-18-10-7-15(11-17(18)21(31)28-14-5-3-13(27)4-6-14)29-22(32)20-19(23(20,25)26)12-1-8-16(9-2-12)30(33)34/h1-11,19-20H,(H,28,31)(H,29,32)/t19-,20+/m1/s1. The van der Waals surface area contributed by atoms with Crippen LogP contribution in [0.25, 0.3) is 0 Å². The number of carbonyl (C=O) groups is 2. The average molecular weight is 523 g/mol. The van der Waals surface area contributed by atoms with Crippen LogP contribution in [0.15, 0.2) is 66.7 Å². The van der Waals surface area contributed by atoms with Crippen molar-refractivity contribution in [3.8, 4) is 0 Å². The Morgan fingerprint density at radius 3 is 2.18 bits per heavy atom. The Morgan fingerprint density at radius 1 is 0.941 bits per heavy atom. The molecule has 4 rings (SSSR count). The molecule has 0 radical (unpaired) electrons. The van der Waals surface area contributed by atoms with Crippen LogP contribution in [0.2, 0.25) is 5.02 Å². The minimum Gasteiger partial charge on any atom is -0.326 e. The van der Waals surface area contributed by atoms with Gasteiger partial charge in [0.15, 0.2) is 0 Å². The molecule has 1 fully saturated rings. The third-order valence-corrected chi connectivity index (χ3v) is 6.65. The lowest BCUT2D eigenvalue weighted by Gasteiger charge is -2.10. The molecule has 0 saturated heterocycles. The highest BCUT2D eigenvalue weighted by atomic mass is 35.5. The van der Waals surface area contributed by atoms with E-state index in [-0.39, 0.29) is 22.0 Å². The lowest BCUT2D eigenvalue weighted by molar-refractivity contribution is -0.384. The van der Waals surface area contributed by atoms with Crippen LogP contribution in [0.3, 0.4) is 0 Å². The van der Waals surface area contributed by atoms with Crippen LogP contribution < -0.4 is 10.6 Å². The molecule has 1 aliphatic rings. The minimum absolute atomic E-state index is 0.0900. The number of benzene rings is 3. The highest BCUT2D eigenvalue weighted by Crippen LogP contribution is 2.65. The normalized spacial score (nSPS) is 18.1. The third-order valence-electron chi connectivity index (χ3n) is 5.38. The average Bonchev–Trinajstić information content (AvgIpc) is 3.38. The quantitative estimate of drug-likeness (QED) is 0.230. The molecule has 2 N–H and O–H groups in total. The van der Waals surface area contributed by atoms with Gasteiger partial charge in [-0.2, -0.15) is 0 Å². The highest BCUT2D eigenvalue weighted by Gasteiger charge is 2.67. The Hall–Kier alpha value is -3.20. The first-order valence-electron chi connectivity index (χ1n) is 9.87. The van der Waals surface area contributed by atoms with Crippen molar-refractivity contribution in [2.45, 2.75) is 10.3 Å². The monoisotopic (exact) mass is 521 g/mol. The topological polar surface area (TPSA) is 101 Å². The van der Waals surface area contributed by atoms with Crippen molar-refractivity contribution in [3.05, 3.63) is 98.8 Å². The summed E-state index contributed by atoms with van der Waals surface area (Å²) in [5.41, 5.74) is 1.25. The second-order valence-electron chi connectivity index (χ2n) is 7.62. The van der Waals surface area contributed by atoms with Crippen LogP contribution in [-0.2, 0) is 4.79 Å². The number of nitro groups is 1.